The molecule has 0 bridgehead atoms. The fraction of sp³-hybridized carbons (Fsp3) is 0.500. The molecule has 0 aliphatic heterocycles. The van der Waals surface area contributed by atoms with Crippen LogP contribution in [0.3, 0.4) is 0 Å². The highest BCUT2D eigenvalue weighted by Gasteiger charge is 2.05. The Morgan fingerprint density at radius 2 is 2.31 bits per heavy atom. The average molecular weight is 243 g/mol. The highest BCUT2D eigenvalue weighted by Crippen LogP contribution is 2.18. The lowest BCUT2D eigenvalue weighted by molar-refractivity contribution is 0.601. The maximum Gasteiger partial charge on any atom is 0.0410 e. The lowest BCUT2D eigenvalue weighted by Crippen LogP contribution is -2.10. The van der Waals surface area contributed by atoms with Gasteiger partial charge in [0.15, 0.2) is 0 Å². The second-order valence-electron chi connectivity index (χ2n) is 3.19. The first-order chi connectivity index (χ1) is 6.24. The van der Waals surface area contributed by atoms with Crippen molar-refractivity contribution in [1.82, 2.24) is 4.98 Å². The third-order valence-electron chi connectivity index (χ3n) is 2.02. The zero-order valence-electron chi connectivity index (χ0n) is 7.83. The molecule has 3 heteroatoms. The van der Waals surface area contributed by atoms with Crippen LogP contribution in [0.2, 0.25) is 0 Å². The van der Waals surface area contributed by atoms with Crippen LogP contribution < -0.4 is 5.73 Å². The standard InChI is InChI=1S/C10H15BrN2/c1-2-3-4-10(12)8-5-9(11)7-13-6-8/h5-7,10H,2-4,12H2,1H3. The van der Waals surface area contributed by atoms with Crippen LogP contribution in [-0.2, 0) is 0 Å². The zero-order chi connectivity index (χ0) is 9.68. The molecule has 0 saturated heterocycles. The molecule has 0 aromatic carbocycles. The van der Waals surface area contributed by atoms with Crippen LogP contribution in [-0.4, -0.2) is 4.98 Å². The van der Waals surface area contributed by atoms with Crippen LogP contribution in [0.5, 0.6) is 0 Å². The van der Waals surface area contributed by atoms with Gasteiger partial charge in [0.05, 0.1) is 0 Å². The Hall–Kier alpha value is -0.410. The van der Waals surface area contributed by atoms with Crippen molar-refractivity contribution in [1.29, 1.82) is 0 Å². The Kier molecular flexibility index (Phi) is 4.39. The fourth-order valence-electron chi connectivity index (χ4n) is 1.22. The Labute approximate surface area is 87.7 Å². The molecule has 0 amide bonds. The van der Waals surface area contributed by atoms with E-state index in [0.717, 1.165) is 16.5 Å². The molecule has 1 atom stereocenters. The molecule has 0 saturated carbocycles. The van der Waals surface area contributed by atoms with Crippen LogP contribution in [0.15, 0.2) is 22.9 Å². The van der Waals surface area contributed by atoms with Gasteiger partial charge in [0.25, 0.3) is 0 Å². The molecule has 2 N–H and O–H groups in total. The van der Waals surface area contributed by atoms with E-state index in [1.54, 1.807) is 6.20 Å². The molecule has 0 fully saturated rings. The predicted molar refractivity (Wildman–Crippen MR) is 58.4 cm³/mol. The van der Waals surface area contributed by atoms with E-state index in [2.05, 4.69) is 27.8 Å². The summed E-state index contributed by atoms with van der Waals surface area (Å²) in [7, 11) is 0. The largest absolute Gasteiger partial charge is 0.324 e. The van der Waals surface area contributed by atoms with E-state index >= 15 is 0 Å². The van der Waals surface area contributed by atoms with E-state index in [4.69, 9.17) is 5.73 Å². The van der Waals surface area contributed by atoms with Gasteiger partial charge in [-0.05, 0) is 34.0 Å². The van der Waals surface area contributed by atoms with Gasteiger partial charge in [0.2, 0.25) is 0 Å². The highest BCUT2D eigenvalue weighted by atomic mass is 79.9. The number of aromatic nitrogens is 1. The van der Waals surface area contributed by atoms with Gasteiger partial charge in [-0.2, -0.15) is 0 Å². The number of halogens is 1. The highest BCUT2D eigenvalue weighted by molar-refractivity contribution is 9.10. The van der Waals surface area contributed by atoms with Gasteiger partial charge < -0.3 is 5.73 Å². The maximum atomic E-state index is 5.99. The molecule has 0 spiro atoms. The number of rotatable bonds is 4. The van der Waals surface area contributed by atoms with Crippen LogP contribution in [0.4, 0.5) is 0 Å². The Bertz CT molecular complexity index is 263. The molecule has 1 unspecified atom stereocenters. The molecule has 1 aromatic rings. The zero-order valence-corrected chi connectivity index (χ0v) is 9.42. The molecule has 13 heavy (non-hydrogen) atoms. The fourth-order valence-corrected chi connectivity index (χ4v) is 1.60. The van der Waals surface area contributed by atoms with Crippen molar-refractivity contribution in [2.24, 2.45) is 5.73 Å². The molecule has 1 rings (SSSR count). The summed E-state index contributed by atoms with van der Waals surface area (Å²) in [6.07, 6.45) is 7.01. The number of hydrogen-bond acceptors (Lipinski definition) is 2. The normalized spacial score (nSPS) is 12.8. The van der Waals surface area contributed by atoms with Gasteiger partial charge in [-0.25, -0.2) is 0 Å². The van der Waals surface area contributed by atoms with Crippen molar-refractivity contribution in [2.75, 3.05) is 0 Å². The van der Waals surface area contributed by atoms with Crippen molar-refractivity contribution >= 4 is 15.9 Å². The average Bonchev–Trinajstić information content (AvgIpc) is 2.14. The molecular formula is C10H15BrN2. The second kappa shape index (κ2) is 5.35. The van der Waals surface area contributed by atoms with Crippen molar-refractivity contribution in [3.8, 4) is 0 Å². The second-order valence-corrected chi connectivity index (χ2v) is 4.10. The minimum atomic E-state index is 0.130. The minimum absolute atomic E-state index is 0.130. The monoisotopic (exact) mass is 242 g/mol. The van der Waals surface area contributed by atoms with Crippen LogP contribution in [0.25, 0.3) is 0 Å². The van der Waals surface area contributed by atoms with Gasteiger partial charge in [0, 0.05) is 22.9 Å². The van der Waals surface area contributed by atoms with E-state index in [1.807, 2.05) is 12.3 Å². The van der Waals surface area contributed by atoms with E-state index in [9.17, 15) is 0 Å². The van der Waals surface area contributed by atoms with E-state index in [0.29, 0.717) is 0 Å². The molecule has 0 aliphatic carbocycles. The summed E-state index contributed by atoms with van der Waals surface area (Å²) in [5.41, 5.74) is 7.10. The first-order valence-corrected chi connectivity index (χ1v) is 5.39. The van der Waals surface area contributed by atoms with Crippen molar-refractivity contribution < 1.29 is 0 Å². The topological polar surface area (TPSA) is 38.9 Å². The lowest BCUT2D eigenvalue weighted by atomic mass is 10.0. The van der Waals surface area contributed by atoms with Gasteiger partial charge in [-0.1, -0.05) is 19.8 Å². The third-order valence-corrected chi connectivity index (χ3v) is 2.46. The predicted octanol–water partition coefficient (Wildman–Crippen LogP) is 3.03. The Morgan fingerprint density at radius 3 is 2.92 bits per heavy atom. The van der Waals surface area contributed by atoms with E-state index in [1.165, 1.54) is 12.8 Å². The first-order valence-electron chi connectivity index (χ1n) is 4.60. The number of pyridine rings is 1. The summed E-state index contributed by atoms with van der Waals surface area (Å²) in [6, 6.07) is 2.16. The van der Waals surface area contributed by atoms with Crippen molar-refractivity contribution in [3.63, 3.8) is 0 Å². The maximum absolute atomic E-state index is 5.99. The van der Waals surface area contributed by atoms with Gasteiger partial charge in [0.1, 0.15) is 0 Å². The SMILES string of the molecule is CCCCC(N)c1cncc(Br)c1. The molecule has 1 aromatic heterocycles. The summed E-state index contributed by atoms with van der Waals surface area (Å²) >= 11 is 3.38. The number of nitrogens with zero attached hydrogens (tertiary/aromatic N) is 1. The van der Waals surface area contributed by atoms with E-state index in [-0.39, 0.29) is 6.04 Å². The van der Waals surface area contributed by atoms with Crippen molar-refractivity contribution in [2.45, 2.75) is 32.2 Å². The Balaban J connectivity index is 2.60. The molecule has 0 aliphatic rings. The first kappa shape index (κ1) is 10.7. The number of nitrogens with two attached hydrogens (primary N) is 1. The van der Waals surface area contributed by atoms with Crippen LogP contribution in [0, 0.1) is 0 Å². The van der Waals surface area contributed by atoms with Crippen LogP contribution in [0.1, 0.15) is 37.8 Å². The molecule has 72 valence electrons. The summed E-state index contributed by atoms with van der Waals surface area (Å²) in [5, 5.41) is 0. The van der Waals surface area contributed by atoms with Crippen LogP contribution >= 0.6 is 15.9 Å². The summed E-state index contributed by atoms with van der Waals surface area (Å²) in [5.74, 6) is 0. The molecular weight excluding hydrogens is 228 g/mol. The Morgan fingerprint density at radius 1 is 1.54 bits per heavy atom. The number of unbranched alkanes of at least 4 members (excludes halogenated alkanes) is 1. The van der Waals surface area contributed by atoms with E-state index < -0.39 is 0 Å². The third kappa shape index (κ3) is 3.44. The molecule has 2 nitrogen and oxygen atoms in total. The van der Waals surface area contributed by atoms with Crippen molar-refractivity contribution in [3.05, 3.63) is 28.5 Å². The number of hydrogen-bond donors (Lipinski definition) is 1. The summed E-state index contributed by atoms with van der Waals surface area (Å²) < 4.78 is 0.997. The summed E-state index contributed by atoms with van der Waals surface area (Å²) in [4.78, 5) is 4.09. The minimum Gasteiger partial charge on any atom is -0.324 e. The molecule has 0 radical (unpaired) electrons. The van der Waals surface area contributed by atoms with Gasteiger partial charge in [-0.15, -0.1) is 0 Å². The van der Waals surface area contributed by atoms with Gasteiger partial charge >= 0.3 is 0 Å². The lowest BCUT2D eigenvalue weighted by Gasteiger charge is -2.10. The smallest absolute Gasteiger partial charge is 0.0410 e. The quantitative estimate of drug-likeness (QED) is 0.882. The molecule has 1 heterocycles. The van der Waals surface area contributed by atoms with Gasteiger partial charge in [-0.3, -0.25) is 4.98 Å². The summed E-state index contributed by atoms with van der Waals surface area (Å²) in [6.45, 7) is 2.17.